The van der Waals surface area contributed by atoms with E-state index in [1.165, 1.54) is 6.20 Å². The van der Waals surface area contributed by atoms with E-state index in [1.54, 1.807) is 7.11 Å². The van der Waals surface area contributed by atoms with Crippen LogP contribution in [0.2, 0.25) is 0 Å². The summed E-state index contributed by atoms with van der Waals surface area (Å²) in [5.41, 5.74) is 2.81. The number of H-pyrrole nitrogens is 1. The number of carbonyl (C=O) groups is 1. The molecule has 2 heterocycles. The van der Waals surface area contributed by atoms with Crippen LogP contribution in [-0.4, -0.2) is 28.4 Å². The normalized spacial score (nSPS) is 10.9. The van der Waals surface area contributed by atoms with E-state index in [0.29, 0.717) is 28.7 Å². The summed E-state index contributed by atoms with van der Waals surface area (Å²) in [7, 11) is 1.60. The largest absolute Gasteiger partial charge is 0.497 e. The average Bonchev–Trinajstić information content (AvgIpc) is 3.28. The highest BCUT2D eigenvalue weighted by atomic mass is 16.5. The molecule has 3 aromatic rings. The molecule has 0 bridgehead atoms. The fourth-order valence-corrected chi connectivity index (χ4v) is 2.67. The first-order valence-electron chi connectivity index (χ1n) is 8.47. The summed E-state index contributed by atoms with van der Waals surface area (Å²) < 4.78 is 10.5. The minimum atomic E-state index is -0.238. The van der Waals surface area contributed by atoms with Crippen molar-refractivity contribution in [3.63, 3.8) is 0 Å². The van der Waals surface area contributed by atoms with Gasteiger partial charge < -0.3 is 14.6 Å². The number of rotatable bonds is 7. The van der Waals surface area contributed by atoms with Gasteiger partial charge in [-0.2, -0.15) is 5.10 Å². The van der Waals surface area contributed by atoms with Crippen LogP contribution in [-0.2, 0) is 13.0 Å². The molecule has 1 aromatic carbocycles. The summed E-state index contributed by atoms with van der Waals surface area (Å²) in [5.74, 6) is 1.60. The van der Waals surface area contributed by atoms with Crippen molar-refractivity contribution in [3.8, 4) is 17.0 Å². The van der Waals surface area contributed by atoms with E-state index in [2.05, 4.69) is 34.5 Å². The second-order valence-electron chi connectivity index (χ2n) is 6.46. The van der Waals surface area contributed by atoms with Gasteiger partial charge in [0.25, 0.3) is 5.91 Å². The Hall–Kier alpha value is -3.09. The van der Waals surface area contributed by atoms with Gasteiger partial charge in [0.2, 0.25) is 0 Å². The van der Waals surface area contributed by atoms with Crippen molar-refractivity contribution in [2.75, 3.05) is 7.11 Å². The fraction of sp³-hybridized carbons (Fsp3) is 0.316. The first kappa shape index (κ1) is 17.7. The van der Waals surface area contributed by atoms with Gasteiger partial charge in [0.15, 0.2) is 5.76 Å². The zero-order chi connectivity index (χ0) is 18.5. The van der Waals surface area contributed by atoms with Gasteiger partial charge in [0.05, 0.1) is 36.8 Å². The number of hydrogen-bond acceptors (Lipinski definition) is 5. The fourth-order valence-electron chi connectivity index (χ4n) is 2.67. The van der Waals surface area contributed by atoms with E-state index in [1.807, 2.05) is 30.3 Å². The zero-order valence-corrected chi connectivity index (χ0v) is 15.1. The van der Waals surface area contributed by atoms with Crippen molar-refractivity contribution >= 4 is 5.91 Å². The van der Waals surface area contributed by atoms with Gasteiger partial charge in [-0.05, 0) is 24.5 Å². The van der Waals surface area contributed by atoms with Crippen LogP contribution in [0.4, 0.5) is 0 Å². The van der Waals surface area contributed by atoms with Crippen LogP contribution in [0.25, 0.3) is 11.3 Å². The molecule has 7 nitrogen and oxygen atoms in total. The van der Waals surface area contributed by atoms with Gasteiger partial charge in [-0.25, -0.2) is 0 Å². The van der Waals surface area contributed by atoms with E-state index in [-0.39, 0.29) is 12.5 Å². The minimum Gasteiger partial charge on any atom is -0.497 e. The molecule has 0 saturated carbocycles. The third kappa shape index (κ3) is 4.11. The van der Waals surface area contributed by atoms with E-state index in [9.17, 15) is 4.79 Å². The van der Waals surface area contributed by atoms with Crippen molar-refractivity contribution in [3.05, 3.63) is 53.5 Å². The third-order valence-corrected chi connectivity index (χ3v) is 3.89. The van der Waals surface area contributed by atoms with E-state index >= 15 is 0 Å². The number of amides is 1. The van der Waals surface area contributed by atoms with Crippen LogP contribution in [0.3, 0.4) is 0 Å². The maximum Gasteiger partial charge on any atom is 0.255 e. The summed E-state index contributed by atoms with van der Waals surface area (Å²) in [6.45, 7) is 4.51. The van der Waals surface area contributed by atoms with Crippen LogP contribution < -0.4 is 10.1 Å². The summed E-state index contributed by atoms with van der Waals surface area (Å²) in [6.07, 6.45) is 2.36. The van der Waals surface area contributed by atoms with Gasteiger partial charge >= 0.3 is 0 Å². The van der Waals surface area contributed by atoms with Gasteiger partial charge in [-0.1, -0.05) is 31.1 Å². The number of ether oxygens (including phenoxy) is 1. The molecule has 0 radical (unpaired) electrons. The molecule has 136 valence electrons. The quantitative estimate of drug-likeness (QED) is 0.680. The molecule has 0 aliphatic carbocycles. The number of hydrogen-bond donors (Lipinski definition) is 2. The van der Waals surface area contributed by atoms with Gasteiger partial charge in [0, 0.05) is 11.6 Å². The number of aromatic amines is 1. The molecule has 0 atom stereocenters. The van der Waals surface area contributed by atoms with Crippen LogP contribution in [0.1, 0.15) is 35.7 Å². The summed E-state index contributed by atoms with van der Waals surface area (Å²) >= 11 is 0. The van der Waals surface area contributed by atoms with Gasteiger partial charge in [-0.3, -0.25) is 9.89 Å². The predicted molar refractivity (Wildman–Crippen MR) is 96.8 cm³/mol. The predicted octanol–water partition coefficient (Wildman–Crippen LogP) is 3.20. The van der Waals surface area contributed by atoms with Crippen molar-refractivity contribution < 1.29 is 14.1 Å². The summed E-state index contributed by atoms with van der Waals surface area (Å²) in [5, 5.41) is 13.7. The number of carbonyl (C=O) groups excluding carboxylic acids is 1. The summed E-state index contributed by atoms with van der Waals surface area (Å²) in [6, 6.07) is 9.32. The number of nitrogens with zero attached hydrogens (tertiary/aromatic N) is 2. The van der Waals surface area contributed by atoms with Crippen molar-refractivity contribution in [2.45, 2.75) is 26.8 Å². The standard InChI is InChI=1S/C19H22N4O3/c1-12(2)7-14-9-16(26-23-14)10-20-19(24)17-11-21-22-18(17)13-5-4-6-15(8-13)25-3/h4-6,8-9,11-12H,7,10H2,1-3H3,(H,20,24)(H,21,22). The second kappa shape index (κ2) is 7.86. The van der Waals surface area contributed by atoms with Crippen molar-refractivity contribution in [2.24, 2.45) is 5.92 Å². The molecule has 26 heavy (non-hydrogen) atoms. The highest BCUT2D eigenvalue weighted by Crippen LogP contribution is 2.25. The molecule has 0 saturated heterocycles. The lowest BCUT2D eigenvalue weighted by molar-refractivity contribution is 0.0947. The number of nitrogens with one attached hydrogen (secondary N) is 2. The Morgan fingerprint density at radius 1 is 1.35 bits per heavy atom. The number of methoxy groups -OCH3 is 1. The molecule has 0 spiro atoms. The highest BCUT2D eigenvalue weighted by Gasteiger charge is 2.16. The maximum absolute atomic E-state index is 12.5. The molecule has 2 N–H and O–H groups in total. The average molecular weight is 354 g/mol. The Morgan fingerprint density at radius 3 is 2.96 bits per heavy atom. The van der Waals surface area contributed by atoms with Crippen molar-refractivity contribution in [1.29, 1.82) is 0 Å². The Kier molecular flexibility index (Phi) is 5.36. The molecule has 0 fully saturated rings. The van der Waals surface area contributed by atoms with Gasteiger partial charge in [-0.15, -0.1) is 0 Å². The Bertz CT molecular complexity index is 882. The molecule has 7 heteroatoms. The zero-order valence-electron chi connectivity index (χ0n) is 15.1. The van der Waals surface area contributed by atoms with Gasteiger partial charge in [0.1, 0.15) is 5.75 Å². The Balaban J connectivity index is 1.69. The number of aromatic nitrogens is 3. The van der Waals surface area contributed by atoms with E-state index < -0.39 is 0 Å². The number of benzene rings is 1. The molecule has 2 aromatic heterocycles. The Morgan fingerprint density at radius 2 is 2.19 bits per heavy atom. The topological polar surface area (TPSA) is 93.0 Å². The molecule has 0 aliphatic rings. The molecule has 3 rings (SSSR count). The smallest absolute Gasteiger partial charge is 0.255 e. The molecular formula is C19H22N4O3. The monoisotopic (exact) mass is 354 g/mol. The van der Waals surface area contributed by atoms with Crippen LogP contribution in [0.15, 0.2) is 41.1 Å². The lowest BCUT2D eigenvalue weighted by Gasteiger charge is -2.06. The third-order valence-electron chi connectivity index (χ3n) is 3.89. The van der Waals surface area contributed by atoms with Crippen LogP contribution >= 0.6 is 0 Å². The molecule has 0 unspecified atom stereocenters. The first-order chi connectivity index (χ1) is 12.6. The highest BCUT2D eigenvalue weighted by molar-refractivity contribution is 5.99. The lowest BCUT2D eigenvalue weighted by atomic mass is 10.1. The molecule has 0 aliphatic heterocycles. The summed E-state index contributed by atoms with van der Waals surface area (Å²) in [4.78, 5) is 12.5. The first-order valence-corrected chi connectivity index (χ1v) is 8.47. The molecular weight excluding hydrogens is 332 g/mol. The lowest BCUT2D eigenvalue weighted by Crippen LogP contribution is -2.22. The minimum absolute atomic E-state index is 0.238. The van der Waals surface area contributed by atoms with Crippen molar-refractivity contribution in [1.82, 2.24) is 20.7 Å². The van der Waals surface area contributed by atoms with E-state index in [0.717, 1.165) is 17.7 Å². The SMILES string of the molecule is COc1cccc(-c2[nH]ncc2C(=O)NCc2cc(CC(C)C)no2)c1. The second-order valence-corrected chi connectivity index (χ2v) is 6.46. The van der Waals surface area contributed by atoms with Crippen LogP contribution in [0.5, 0.6) is 5.75 Å². The van der Waals surface area contributed by atoms with Crippen LogP contribution in [0, 0.1) is 5.92 Å². The molecule has 1 amide bonds. The van der Waals surface area contributed by atoms with E-state index in [4.69, 9.17) is 9.26 Å². The Labute approximate surface area is 151 Å². The maximum atomic E-state index is 12.5.